The van der Waals surface area contributed by atoms with Crippen LogP contribution in [0.2, 0.25) is 5.02 Å². The second-order valence-electron chi connectivity index (χ2n) is 6.88. The summed E-state index contributed by atoms with van der Waals surface area (Å²) in [4.78, 5) is 10.8. The van der Waals surface area contributed by atoms with Crippen LogP contribution in [0.25, 0.3) is 0 Å². The molecule has 0 atom stereocenters. The van der Waals surface area contributed by atoms with Crippen LogP contribution in [0, 0.1) is 10.1 Å². The Morgan fingerprint density at radius 1 is 1.00 bits per heavy atom. The summed E-state index contributed by atoms with van der Waals surface area (Å²) in [7, 11) is -3.93. The van der Waals surface area contributed by atoms with Gasteiger partial charge < -0.3 is 4.74 Å². The highest BCUT2D eigenvalue weighted by atomic mass is 35.5. The zero-order valence-electron chi connectivity index (χ0n) is 16.7. The molecular formula is C22H21ClN2O5S. The zero-order valence-corrected chi connectivity index (χ0v) is 18.3. The normalized spacial score (nSPS) is 11.2. The Morgan fingerprint density at radius 3 is 2.29 bits per heavy atom. The first-order valence-corrected chi connectivity index (χ1v) is 11.5. The standard InChI is InChI=1S/C22H21ClN2O5S/c1-2-3-4-16-5-11-22(12-6-16)31(28,29)24-18-13-19(25(26)27)15-21(14-18)30-20-9-7-17(23)8-10-20/h5-15,24H,2-4H2,1H3. The van der Waals surface area contributed by atoms with Crippen LogP contribution in [-0.2, 0) is 16.4 Å². The van der Waals surface area contributed by atoms with Gasteiger partial charge in [0, 0.05) is 17.2 Å². The lowest BCUT2D eigenvalue weighted by atomic mass is 10.1. The Kier molecular flexibility index (Phi) is 7.14. The van der Waals surface area contributed by atoms with Crippen LogP contribution in [0.1, 0.15) is 25.3 Å². The molecule has 0 aromatic heterocycles. The van der Waals surface area contributed by atoms with E-state index in [4.69, 9.17) is 16.3 Å². The number of nitro benzene ring substituents is 1. The predicted molar refractivity (Wildman–Crippen MR) is 120 cm³/mol. The summed E-state index contributed by atoms with van der Waals surface area (Å²) in [5.74, 6) is 0.519. The lowest BCUT2D eigenvalue weighted by Crippen LogP contribution is -2.13. The number of ether oxygens (including phenoxy) is 1. The number of rotatable bonds is 9. The number of unbranched alkanes of at least 4 members (excludes halogenated alkanes) is 1. The SMILES string of the molecule is CCCCc1ccc(S(=O)(=O)Nc2cc(Oc3ccc(Cl)cc3)cc([N+](=O)[O-])c2)cc1. The maximum absolute atomic E-state index is 12.8. The first-order valence-electron chi connectivity index (χ1n) is 9.61. The smallest absolute Gasteiger partial charge is 0.275 e. The van der Waals surface area contributed by atoms with Crippen molar-refractivity contribution >= 4 is 33.0 Å². The molecule has 0 aliphatic carbocycles. The van der Waals surface area contributed by atoms with Crippen LogP contribution in [0.5, 0.6) is 11.5 Å². The molecule has 31 heavy (non-hydrogen) atoms. The van der Waals surface area contributed by atoms with E-state index in [9.17, 15) is 18.5 Å². The molecule has 0 saturated carbocycles. The van der Waals surface area contributed by atoms with Crippen molar-refractivity contribution in [1.29, 1.82) is 0 Å². The minimum atomic E-state index is -3.93. The molecule has 3 aromatic carbocycles. The highest BCUT2D eigenvalue weighted by Crippen LogP contribution is 2.31. The van der Waals surface area contributed by atoms with Gasteiger partial charge in [-0.2, -0.15) is 0 Å². The number of sulfonamides is 1. The van der Waals surface area contributed by atoms with E-state index >= 15 is 0 Å². The van der Waals surface area contributed by atoms with Crippen LogP contribution < -0.4 is 9.46 Å². The number of non-ortho nitro benzene ring substituents is 1. The average Bonchev–Trinajstić information content (AvgIpc) is 2.73. The van der Waals surface area contributed by atoms with Crippen LogP contribution in [-0.4, -0.2) is 13.3 Å². The minimum Gasteiger partial charge on any atom is -0.457 e. The number of nitrogens with one attached hydrogen (secondary N) is 1. The van der Waals surface area contributed by atoms with E-state index in [0.717, 1.165) is 30.9 Å². The van der Waals surface area contributed by atoms with Crippen LogP contribution in [0.4, 0.5) is 11.4 Å². The summed E-state index contributed by atoms with van der Waals surface area (Å²) in [6, 6.07) is 16.8. The molecule has 1 N–H and O–H groups in total. The number of benzene rings is 3. The van der Waals surface area contributed by atoms with Crippen molar-refractivity contribution in [1.82, 2.24) is 0 Å². The Balaban J connectivity index is 1.86. The third kappa shape index (κ3) is 6.19. The van der Waals surface area contributed by atoms with Crippen LogP contribution in [0.3, 0.4) is 0 Å². The molecule has 0 aliphatic rings. The topological polar surface area (TPSA) is 98.5 Å². The molecule has 9 heteroatoms. The average molecular weight is 461 g/mol. The van der Waals surface area contributed by atoms with Crippen molar-refractivity contribution in [3.05, 3.63) is 87.4 Å². The molecule has 0 fully saturated rings. The lowest BCUT2D eigenvalue weighted by molar-refractivity contribution is -0.384. The molecule has 7 nitrogen and oxygen atoms in total. The van der Waals surface area contributed by atoms with Gasteiger partial charge in [-0.15, -0.1) is 0 Å². The maximum Gasteiger partial charge on any atom is 0.275 e. The van der Waals surface area contributed by atoms with Gasteiger partial charge in [-0.05, 0) is 54.8 Å². The van der Waals surface area contributed by atoms with Gasteiger partial charge in [0.05, 0.1) is 21.6 Å². The molecule has 0 spiro atoms. The first kappa shape index (κ1) is 22.6. The summed E-state index contributed by atoms with van der Waals surface area (Å²) in [5.41, 5.74) is 0.766. The monoisotopic (exact) mass is 460 g/mol. The van der Waals surface area contributed by atoms with E-state index < -0.39 is 14.9 Å². The Labute approximate surface area is 185 Å². The highest BCUT2D eigenvalue weighted by Gasteiger charge is 2.18. The molecule has 162 valence electrons. The molecule has 3 aromatic rings. The van der Waals surface area contributed by atoms with E-state index in [2.05, 4.69) is 11.6 Å². The number of aryl methyl sites for hydroxylation is 1. The second-order valence-corrected chi connectivity index (χ2v) is 9.00. The zero-order chi connectivity index (χ0) is 22.4. The Hall–Kier alpha value is -3.10. The van der Waals surface area contributed by atoms with E-state index in [1.807, 2.05) is 0 Å². The molecule has 0 saturated heterocycles. The predicted octanol–water partition coefficient (Wildman–Crippen LogP) is 6.18. The fourth-order valence-corrected chi connectivity index (χ4v) is 4.04. The van der Waals surface area contributed by atoms with Gasteiger partial charge in [-0.25, -0.2) is 8.42 Å². The third-order valence-electron chi connectivity index (χ3n) is 4.46. The summed E-state index contributed by atoms with van der Waals surface area (Å²) < 4.78 is 33.6. The molecular weight excluding hydrogens is 440 g/mol. The second kappa shape index (κ2) is 9.80. The van der Waals surface area contributed by atoms with Gasteiger partial charge in [0.25, 0.3) is 15.7 Å². The Bertz CT molecular complexity index is 1160. The molecule has 0 heterocycles. The number of halogens is 1. The van der Waals surface area contributed by atoms with Crippen molar-refractivity contribution < 1.29 is 18.1 Å². The van der Waals surface area contributed by atoms with Crippen molar-refractivity contribution in [2.75, 3.05) is 4.72 Å². The number of anilines is 1. The number of nitro groups is 1. The first-order chi connectivity index (χ1) is 14.8. The van der Waals surface area contributed by atoms with Gasteiger partial charge in [0.1, 0.15) is 11.5 Å². The molecule has 3 rings (SSSR count). The molecule has 0 radical (unpaired) electrons. The largest absolute Gasteiger partial charge is 0.457 e. The fraction of sp³-hybridized carbons (Fsp3) is 0.182. The van der Waals surface area contributed by atoms with Gasteiger partial charge >= 0.3 is 0 Å². The summed E-state index contributed by atoms with van der Waals surface area (Å²) in [6.45, 7) is 2.09. The van der Waals surface area contributed by atoms with Gasteiger partial charge in [-0.3, -0.25) is 14.8 Å². The maximum atomic E-state index is 12.8. The molecule has 0 aliphatic heterocycles. The summed E-state index contributed by atoms with van der Waals surface area (Å²) in [6.07, 6.45) is 2.95. The van der Waals surface area contributed by atoms with Crippen LogP contribution >= 0.6 is 11.6 Å². The number of hydrogen-bond acceptors (Lipinski definition) is 5. The van der Waals surface area contributed by atoms with Gasteiger partial charge in [0.15, 0.2) is 0 Å². The minimum absolute atomic E-state index is 0.0215. The molecule has 0 amide bonds. The van der Waals surface area contributed by atoms with Crippen molar-refractivity contribution in [3.8, 4) is 11.5 Å². The van der Waals surface area contributed by atoms with E-state index in [-0.39, 0.29) is 22.0 Å². The number of hydrogen-bond donors (Lipinski definition) is 1. The highest BCUT2D eigenvalue weighted by molar-refractivity contribution is 7.92. The summed E-state index contributed by atoms with van der Waals surface area (Å²) in [5, 5.41) is 11.8. The Morgan fingerprint density at radius 2 is 1.68 bits per heavy atom. The number of nitrogens with zero attached hydrogens (tertiary/aromatic N) is 1. The van der Waals surface area contributed by atoms with Crippen molar-refractivity contribution in [3.63, 3.8) is 0 Å². The van der Waals surface area contributed by atoms with E-state index in [0.29, 0.717) is 10.8 Å². The lowest BCUT2D eigenvalue weighted by Gasteiger charge is -2.11. The molecule has 0 unspecified atom stereocenters. The fourth-order valence-electron chi connectivity index (χ4n) is 2.88. The van der Waals surface area contributed by atoms with Gasteiger partial charge in [-0.1, -0.05) is 37.1 Å². The van der Waals surface area contributed by atoms with Crippen molar-refractivity contribution in [2.24, 2.45) is 0 Å². The van der Waals surface area contributed by atoms with E-state index in [1.165, 1.54) is 24.3 Å². The molecule has 0 bridgehead atoms. The quantitative estimate of drug-likeness (QED) is 0.303. The van der Waals surface area contributed by atoms with Crippen LogP contribution in [0.15, 0.2) is 71.6 Å². The van der Waals surface area contributed by atoms with Crippen molar-refractivity contribution in [2.45, 2.75) is 31.1 Å². The van der Waals surface area contributed by atoms with Gasteiger partial charge in [0.2, 0.25) is 0 Å². The van der Waals surface area contributed by atoms with E-state index in [1.54, 1.807) is 36.4 Å². The third-order valence-corrected chi connectivity index (χ3v) is 6.11. The summed E-state index contributed by atoms with van der Waals surface area (Å²) >= 11 is 5.85.